The van der Waals surface area contributed by atoms with Gasteiger partial charge in [-0.25, -0.2) is 0 Å². The number of hydrogen-bond donors (Lipinski definition) is 3. The molecular formula is C8H14N2O3. The van der Waals surface area contributed by atoms with E-state index in [2.05, 4.69) is 0 Å². The van der Waals surface area contributed by atoms with Crippen LogP contribution in [0.4, 0.5) is 0 Å². The Morgan fingerprint density at radius 3 is 2.08 bits per heavy atom. The van der Waals surface area contributed by atoms with E-state index in [-0.39, 0.29) is 29.3 Å². The second-order valence-electron chi connectivity index (χ2n) is 4.25. The van der Waals surface area contributed by atoms with Crippen molar-refractivity contribution in [1.82, 2.24) is 6.15 Å². The molecule has 0 unspecified atom stereocenters. The number of carboxylic acid groups (broad SMARTS) is 1. The van der Waals surface area contributed by atoms with E-state index in [1.165, 1.54) is 0 Å². The van der Waals surface area contributed by atoms with Crippen molar-refractivity contribution in [1.29, 1.82) is 0 Å². The zero-order valence-corrected chi connectivity index (χ0v) is 7.38. The maximum Gasteiger partial charge on any atom is 0.303 e. The molecule has 5 nitrogen and oxygen atoms in total. The third kappa shape index (κ3) is 1.11. The van der Waals surface area contributed by atoms with E-state index in [0.29, 0.717) is 19.3 Å². The maximum absolute atomic E-state index is 10.8. The Morgan fingerprint density at radius 1 is 1.31 bits per heavy atom. The predicted molar refractivity (Wildman–Crippen MR) is 45.2 cm³/mol. The lowest BCUT2D eigenvalue weighted by Gasteiger charge is -2.68. The van der Waals surface area contributed by atoms with Crippen molar-refractivity contribution in [2.24, 2.45) is 16.6 Å². The normalized spacial score (nSPS) is 39.4. The first-order valence-corrected chi connectivity index (χ1v) is 4.00. The topological polar surface area (TPSA) is 115 Å². The third-order valence-electron chi connectivity index (χ3n) is 3.19. The summed E-state index contributed by atoms with van der Waals surface area (Å²) >= 11 is 0. The van der Waals surface area contributed by atoms with Crippen LogP contribution in [0.1, 0.15) is 25.7 Å². The molecule has 3 aliphatic rings. The molecule has 0 aromatic carbocycles. The van der Waals surface area contributed by atoms with Gasteiger partial charge in [0, 0.05) is 0 Å². The Morgan fingerprint density at radius 2 is 1.77 bits per heavy atom. The van der Waals surface area contributed by atoms with Crippen molar-refractivity contribution in [2.45, 2.75) is 25.7 Å². The predicted octanol–water partition coefficient (Wildman–Crippen LogP) is 0.279. The lowest BCUT2D eigenvalue weighted by Crippen LogP contribution is -2.67. The fourth-order valence-corrected chi connectivity index (χ4v) is 2.77. The molecule has 5 heteroatoms. The number of carbonyl (C=O) groups is 2. The number of carbonyl (C=O) groups excluding carboxylic acids is 1. The Labute approximate surface area is 75.9 Å². The van der Waals surface area contributed by atoms with Gasteiger partial charge in [0.2, 0.25) is 5.91 Å². The summed E-state index contributed by atoms with van der Waals surface area (Å²) in [6.07, 6.45) is 2.28. The summed E-state index contributed by atoms with van der Waals surface area (Å²) in [7, 11) is 0. The van der Waals surface area contributed by atoms with Crippen LogP contribution < -0.4 is 11.9 Å². The molecule has 1 amide bonds. The Hall–Kier alpha value is -1.10. The van der Waals surface area contributed by atoms with Crippen LogP contribution in [-0.2, 0) is 9.59 Å². The lowest BCUT2D eigenvalue weighted by molar-refractivity contribution is -0.210. The Bertz CT molecular complexity index is 255. The van der Waals surface area contributed by atoms with Gasteiger partial charge in [-0.2, -0.15) is 0 Å². The summed E-state index contributed by atoms with van der Waals surface area (Å²) in [6.45, 7) is 0. The summed E-state index contributed by atoms with van der Waals surface area (Å²) in [6, 6.07) is 0. The van der Waals surface area contributed by atoms with Gasteiger partial charge in [-0.3, -0.25) is 9.59 Å². The van der Waals surface area contributed by atoms with E-state index in [0.717, 1.165) is 0 Å². The Kier molecular flexibility index (Phi) is 1.88. The summed E-state index contributed by atoms with van der Waals surface area (Å²) in [4.78, 5) is 21.2. The fraction of sp³-hybridized carbons (Fsp3) is 0.750. The molecule has 0 aliphatic heterocycles. The van der Waals surface area contributed by atoms with Crippen LogP contribution in [0.25, 0.3) is 0 Å². The van der Waals surface area contributed by atoms with Gasteiger partial charge in [-0.05, 0) is 24.7 Å². The van der Waals surface area contributed by atoms with Crippen LogP contribution in [0.5, 0.6) is 0 Å². The number of rotatable bonds is 3. The zero-order chi connectivity index (χ0) is 8.98. The molecule has 3 fully saturated rings. The van der Waals surface area contributed by atoms with E-state index in [9.17, 15) is 9.59 Å². The van der Waals surface area contributed by atoms with Gasteiger partial charge in [-0.15, -0.1) is 0 Å². The van der Waals surface area contributed by atoms with Gasteiger partial charge >= 0.3 is 5.97 Å². The van der Waals surface area contributed by atoms with Crippen molar-refractivity contribution >= 4 is 11.9 Å². The SMILES string of the molecule is N.NC(=O)C12CC(CC(=O)O)(C1)C2. The first-order chi connectivity index (χ1) is 5.48. The zero-order valence-electron chi connectivity index (χ0n) is 7.38. The standard InChI is InChI=1S/C8H11NO3.H3N/c9-6(12)8-2-7(3-8,4-8)1-5(10)11;/h1-4H2,(H2,9,12)(H,10,11);1H3. The Balaban J connectivity index is 0.000000845. The molecule has 0 aromatic rings. The van der Waals surface area contributed by atoms with E-state index in [1.54, 1.807) is 0 Å². The van der Waals surface area contributed by atoms with E-state index < -0.39 is 5.97 Å². The van der Waals surface area contributed by atoms with Crippen LogP contribution in [0, 0.1) is 10.8 Å². The highest BCUT2D eigenvalue weighted by Crippen LogP contribution is 2.74. The summed E-state index contributed by atoms with van der Waals surface area (Å²) in [5.41, 5.74) is 4.79. The van der Waals surface area contributed by atoms with Crippen LogP contribution in [0.2, 0.25) is 0 Å². The molecule has 6 N–H and O–H groups in total. The van der Waals surface area contributed by atoms with Crippen LogP contribution >= 0.6 is 0 Å². The van der Waals surface area contributed by atoms with Gasteiger partial charge in [0.15, 0.2) is 0 Å². The molecule has 0 atom stereocenters. The molecule has 3 rings (SSSR count). The molecule has 0 saturated heterocycles. The number of primary amides is 1. The largest absolute Gasteiger partial charge is 0.481 e. The highest BCUT2D eigenvalue weighted by atomic mass is 16.4. The van der Waals surface area contributed by atoms with Crippen molar-refractivity contribution in [3.63, 3.8) is 0 Å². The van der Waals surface area contributed by atoms with Gasteiger partial charge in [0.1, 0.15) is 0 Å². The van der Waals surface area contributed by atoms with Gasteiger partial charge in [0.25, 0.3) is 0 Å². The summed E-state index contributed by atoms with van der Waals surface area (Å²) < 4.78 is 0. The molecule has 0 radical (unpaired) electrons. The highest BCUT2D eigenvalue weighted by molar-refractivity contribution is 5.85. The molecule has 2 bridgehead atoms. The maximum atomic E-state index is 10.8. The minimum atomic E-state index is -0.771. The summed E-state index contributed by atoms with van der Waals surface area (Å²) in [5.74, 6) is -1.03. The van der Waals surface area contributed by atoms with Gasteiger partial charge in [0.05, 0.1) is 11.8 Å². The first kappa shape index (κ1) is 9.98. The number of aliphatic carboxylic acids is 1. The molecular weight excluding hydrogens is 172 g/mol. The molecule has 0 heterocycles. The first-order valence-electron chi connectivity index (χ1n) is 4.00. The molecule has 3 saturated carbocycles. The number of hydrogen-bond acceptors (Lipinski definition) is 3. The minimum absolute atomic E-state index is 0. The molecule has 3 aliphatic carbocycles. The number of carboxylic acids is 1. The fourth-order valence-electron chi connectivity index (χ4n) is 2.77. The monoisotopic (exact) mass is 186 g/mol. The number of nitrogens with two attached hydrogens (primary N) is 1. The second-order valence-corrected chi connectivity index (χ2v) is 4.25. The van der Waals surface area contributed by atoms with Crippen molar-refractivity contribution < 1.29 is 14.7 Å². The average Bonchev–Trinajstić information content (AvgIpc) is 1.72. The third-order valence-corrected chi connectivity index (χ3v) is 3.19. The second kappa shape index (κ2) is 2.45. The smallest absolute Gasteiger partial charge is 0.303 e. The van der Waals surface area contributed by atoms with Crippen LogP contribution in [0.3, 0.4) is 0 Å². The lowest BCUT2D eigenvalue weighted by atomic mass is 9.34. The molecule has 0 spiro atoms. The van der Waals surface area contributed by atoms with Crippen molar-refractivity contribution in [2.75, 3.05) is 0 Å². The van der Waals surface area contributed by atoms with Crippen LogP contribution in [-0.4, -0.2) is 17.0 Å². The quantitative estimate of drug-likeness (QED) is 0.586. The highest BCUT2D eigenvalue weighted by Gasteiger charge is 2.71. The van der Waals surface area contributed by atoms with E-state index >= 15 is 0 Å². The van der Waals surface area contributed by atoms with Crippen molar-refractivity contribution in [3.05, 3.63) is 0 Å². The van der Waals surface area contributed by atoms with Crippen LogP contribution in [0.15, 0.2) is 0 Å². The summed E-state index contributed by atoms with van der Waals surface area (Å²) in [5, 5.41) is 8.55. The van der Waals surface area contributed by atoms with Gasteiger partial charge in [-0.1, -0.05) is 0 Å². The van der Waals surface area contributed by atoms with Gasteiger partial charge < -0.3 is 17.0 Å². The van der Waals surface area contributed by atoms with E-state index in [4.69, 9.17) is 10.8 Å². The van der Waals surface area contributed by atoms with Crippen molar-refractivity contribution in [3.8, 4) is 0 Å². The number of amides is 1. The van der Waals surface area contributed by atoms with E-state index in [1.807, 2.05) is 0 Å². The molecule has 0 aromatic heterocycles. The minimum Gasteiger partial charge on any atom is -0.481 e. The molecule has 13 heavy (non-hydrogen) atoms. The average molecular weight is 186 g/mol. The molecule has 74 valence electrons.